The molecule has 2 N–H and O–H groups in total. The van der Waals surface area contributed by atoms with Crippen LogP contribution in [0.25, 0.3) is 11.1 Å². The van der Waals surface area contributed by atoms with Crippen molar-refractivity contribution in [2.75, 3.05) is 17.7 Å². The number of anilines is 2. The minimum atomic E-state index is -0.618. The van der Waals surface area contributed by atoms with Crippen molar-refractivity contribution in [3.63, 3.8) is 0 Å². The first-order chi connectivity index (χ1) is 13.9. The van der Waals surface area contributed by atoms with Gasteiger partial charge in [0.15, 0.2) is 0 Å². The van der Waals surface area contributed by atoms with Crippen molar-refractivity contribution in [3.05, 3.63) is 70.9 Å². The molecule has 0 fully saturated rings. The van der Waals surface area contributed by atoms with Gasteiger partial charge < -0.3 is 15.4 Å². The van der Waals surface area contributed by atoms with Gasteiger partial charge in [0.25, 0.3) is 5.91 Å². The Morgan fingerprint density at radius 3 is 2.41 bits per heavy atom. The third-order valence-electron chi connectivity index (χ3n) is 4.01. The number of halogens is 1. The van der Waals surface area contributed by atoms with Gasteiger partial charge in [-0.05, 0) is 35.9 Å². The second-order valence-electron chi connectivity index (χ2n) is 6.07. The van der Waals surface area contributed by atoms with E-state index < -0.39 is 17.7 Å². The van der Waals surface area contributed by atoms with Gasteiger partial charge >= 0.3 is 5.97 Å². The number of ether oxygens (including phenoxy) is 1. The number of nitrogens with one attached hydrogen (secondary N) is 2. The predicted octanol–water partition coefficient (Wildman–Crippen LogP) is 4.55. The molecule has 148 valence electrons. The Morgan fingerprint density at radius 2 is 1.76 bits per heavy atom. The summed E-state index contributed by atoms with van der Waals surface area (Å²) in [5.41, 5.74) is 2.14. The summed E-state index contributed by atoms with van der Waals surface area (Å²) < 4.78 is 18.1. The Morgan fingerprint density at radius 1 is 1.03 bits per heavy atom. The third-order valence-corrected chi connectivity index (χ3v) is 4.90. The van der Waals surface area contributed by atoms with Crippen molar-refractivity contribution in [2.45, 2.75) is 6.92 Å². The summed E-state index contributed by atoms with van der Waals surface area (Å²) in [6.45, 7) is 1.37. The van der Waals surface area contributed by atoms with Crippen molar-refractivity contribution in [3.8, 4) is 11.1 Å². The highest BCUT2D eigenvalue weighted by Gasteiger charge is 2.23. The maximum atomic E-state index is 13.2. The molecule has 0 radical (unpaired) electrons. The molecule has 0 bridgehead atoms. The second-order valence-corrected chi connectivity index (χ2v) is 6.95. The minimum Gasteiger partial charge on any atom is -0.465 e. The Balaban J connectivity index is 1.93. The molecule has 2 amide bonds. The van der Waals surface area contributed by atoms with Gasteiger partial charge in [0.2, 0.25) is 5.91 Å². The fraction of sp³-hybridized carbons (Fsp3) is 0.0952. The number of hydrogen-bond acceptors (Lipinski definition) is 5. The molecule has 6 nitrogen and oxygen atoms in total. The quantitative estimate of drug-likeness (QED) is 0.602. The average molecular weight is 412 g/mol. The van der Waals surface area contributed by atoms with Crippen LogP contribution in [-0.2, 0) is 9.53 Å². The van der Waals surface area contributed by atoms with E-state index in [0.717, 1.165) is 11.3 Å². The summed E-state index contributed by atoms with van der Waals surface area (Å²) in [4.78, 5) is 36.3. The molecule has 1 heterocycles. The lowest BCUT2D eigenvalue weighted by atomic mass is 10.0. The van der Waals surface area contributed by atoms with E-state index in [9.17, 15) is 18.8 Å². The van der Waals surface area contributed by atoms with Crippen molar-refractivity contribution in [2.24, 2.45) is 0 Å². The summed E-state index contributed by atoms with van der Waals surface area (Å²) in [5.74, 6) is -1.71. The van der Waals surface area contributed by atoms with Crippen LogP contribution in [0.2, 0.25) is 0 Å². The number of amides is 2. The van der Waals surface area contributed by atoms with Crippen LogP contribution in [0.4, 0.5) is 15.1 Å². The number of carbonyl (C=O) groups is 3. The van der Waals surface area contributed by atoms with Crippen molar-refractivity contribution < 1.29 is 23.5 Å². The molecule has 3 rings (SSSR count). The fourth-order valence-electron chi connectivity index (χ4n) is 2.71. The number of esters is 1. The SMILES string of the molecule is COC(=O)c1c(-c2ccc(F)cc2)csc1NC(=O)c1cccc(NC(C)=O)c1. The number of thiophene rings is 1. The van der Waals surface area contributed by atoms with Gasteiger partial charge in [0, 0.05) is 29.1 Å². The number of carbonyl (C=O) groups excluding carboxylic acids is 3. The molecule has 0 saturated heterocycles. The maximum absolute atomic E-state index is 13.2. The first kappa shape index (κ1) is 20.2. The van der Waals surface area contributed by atoms with E-state index in [4.69, 9.17) is 4.74 Å². The smallest absolute Gasteiger partial charge is 0.341 e. The Hall–Kier alpha value is -3.52. The molecule has 0 atom stereocenters. The van der Waals surface area contributed by atoms with Crippen LogP contribution in [0.5, 0.6) is 0 Å². The topological polar surface area (TPSA) is 84.5 Å². The Bertz CT molecular complexity index is 1080. The summed E-state index contributed by atoms with van der Waals surface area (Å²) in [7, 11) is 1.25. The van der Waals surface area contributed by atoms with Crippen LogP contribution in [0, 0.1) is 5.82 Å². The van der Waals surface area contributed by atoms with Gasteiger partial charge in [0.05, 0.1) is 7.11 Å². The van der Waals surface area contributed by atoms with Crippen molar-refractivity contribution >= 4 is 39.8 Å². The summed E-state index contributed by atoms with van der Waals surface area (Å²) >= 11 is 1.16. The predicted molar refractivity (Wildman–Crippen MR) is 110 cm³/mol. The first-order valence-electron chi connectivity index (χ1n) is 8.53. The van der Waals surface area contributed by atoms with Crippen LogP contribution in [0.15, 0.2) is 53.9 Å². The number of benzene rings is 2. The molecule has 0 aliphatic carbocycles. The van der Waals surface area contributed by atoms with Gasteiger partial charge in [0.1, 0.15) is 16.4 Å². The molecule has 8 heteroatoms. The molecule has 1 aromatic heterocycles. The number of hydrogen-bond donors (Lipinski definition) is 2. The lowest BCUT2D eigenvalue weighted by Crippen LogP contribution is -2.15. The zero-order valence-corrected chi connectivity index (χ0v) is 16.4. The summed E-state index contributed by atoms with van der Waals surface area (Å²) in [6, 6.07) is 12.1. The van der Waals surface area contributed by atoms with Crippen molar-refractivity contribution in [1.29, 1.82) is 0 Å². The van der Waals surface area contributed by atoms with Crippen LogP contribution < -0.4 is 10.6 Å². The molecule has 29 heavy (non-hydrogen) atoms. The number of methoxy groups -OCH3 is 1. The lowest BCUT2D eigenvalue weighted by Gasteiger charge is -2.09. The third kappa shape index (κ3) is 4.67. The van der Waals surface area contributed by atoms with E-state index in [1.165, 1.54) is 32.2 Å². The molecule has 0 spiro atoms. The van der Waals surface area contributed by atoms with Crippen LogP contribution in [0.3, 0.4) is 0 Å². The lowest BCUT2D eigenvalue weighted by molar-refractivity contribution is -0.114. The number of rotatable bonds is 5. The molecule has 0 aliphatic heterocycles. The van der Waals surface area contributed by atoms with E-state index in [1.54, 1.807) is 35.7 Å². The monoisotopic (exact) mass is 412 g/mol. The Kier molecular flexibility index (Phi) is 6.04. The van der Waals surface area contributed by atoms with E-state index in [2.05, 4.69) is 10.6 Å². The van der Waals surface area contributed by atoms with Gasteiger partial charge in [-0.2, -0.15) is 0 Å². The molecule has 0 unspecified atom stereocenters. The largest absolute Gasteiger partial charge is 0.465 e. The molecular weight excluding hydrogens is 395 g/mol. The van der Waals surface area contributed by atoms with Crippen LogP contribution in [0.1, 0.15) is 27.6 Å². The molecule has 3 aromatic rings. The summed E-state index contributed by atoms with van der Waals surface area (Å²) in [5, 5.41) is 7.34. The van der Waals surface area contributed by atoms with E-state index >= 15 is 0 Å². The molecule has 0 saturated carbocycles. The molecule has 2 aromatic carbocycles. The second kappa shape index (κ2) is 8.66. The minimum absolute atomic E-state index is 0.190. The van der Waals surface area contributed by atoms with Gasteiger partial charge in [-0.25, -0.2) is 9.18 Å². The fourth-order valence-corrected chi connectivity index (χ4v) is 3.67. The van der Waals surface area contributed by atoms with E-state index in [0.29, 0.717) is 27.4 Å². The van der Waals surface area contributed by atoms with E-state index in [1.807, 2.05) is 0 Å². The highest BCUT2D eigenvalue weighted by Crippen LogP contribution is 2.36. The van der Waals surface area contributed by atoms with Crippen molar-refractivity contribution in [1.82, 2.24) is 0 Å². The molecular formula is C21H17FN2O4S. The average Bonchev–Trinajstić information content (AvgIpc) is 3.11. The standard InChI is InChI=1S/C21H17FN2O4S/c1-12(25)23-16-5-3-4-14(10-16)19(26)24-20-18(21(27)28-2)17(11-29-20)13-6-8-15(22)9-7-13/h3-11H,1-2H3,(H,23,25)(H,24,26). The first-order valence-corrected chi connectivity index (χ1v) is 9.41. The van der Waals surface area contributed by atoms with Crippen LogP contribution in [-0.4, -0.2) is 24.9 Å². The van der Waals surface area contributed by atoms with Crippen LogP contribution >= 0.6 is 11.3 Å². The Labute approximate surface area is 170 Å². The maximum Gasteiger partial charge on any atom is 0.341 e. The van der Waals surface area contributed by atoms with Gasteiger partial charge in [-0.15, -0.1) is 11.3 Å². The van der Waals surface area contributed by atoms with E-state index in [-0.39, 0.29) is 11.5 Å². The normalized spacial score (nSPS) is 10.3. The highest BCUT2D eigenvalue weighted by atomic mass is 32.1. The van der Waals surface area contributed by atoms with Gasteiger partial charge in [-0.3, -0.25) is 9.59 Å². The zero-order valence-electron chi connectivity index (χ0n) is 15.6. The van der Waals surface area contributed by atoms with Gasteiger partial charge in [-0.1, -0.05) is 18.2 Å². The zero-order chi connectivity index (χ0) is 21.0. The summed E-state index contributed by atoms with van der Waals surface area (Å²) in [6.07, 6.45) is 0. The highest BCUT2D eigenvalue weighted by molar-refractivity contribution is 7.15. The molecule has 0 aliphatic rings.